The summed E-state index contributed by atoms with van der Waals surface area (Å²) in [5.74, 6) is -0.620. The number of carbonyl (C=O) groups is 1. The minimum Gasteiger partial charge on any atom is -0.389 e. The van der Waals surface area contributed by atoms with Crippen LogP contribution in [0.3, 0.4) is 0 Å². The molecule has 1 aromatic carbocycles. The smallest absolute Gasteiger partial charge is 0.225 e. The SMILES string of the molecule is O=C(CCN1CC(O)C(O)C1)Nc1cccc(F)c1. The molecular weight excluding hydrogens is 251 g/mol. The van der Waals surface area contributed by atoms with Gasteiger partial charge < -0.3 is 15.5 Å². The van der Waals surface area contributed by atoms with E-state index >= 15 is 0 Å². The molecule has 0 bridgehead atoms. The number of nitrogens with zero attached hydrogens (tertiary/aromatic N) is 1. The van der Waals surface area contributed by atoms with Crippen LogP contribution in [0, 0.1) is 5.82 Å². The molecule has 104 valence electrons. The number of hydrogen-bond donors (Lipinski definition) is 3. The molecule has 1 heterocycles. The Morgan fingerprint density at radius 1 is 1.37 bits per heavy atom. The Balaban J connectivity index is 1.76. The largest absolute Gasteiger partial charge is 0.389 e. The van der Waals surface area contributed by atoms with Crippen molar-refractivity contribution in [2.24, 2.45) is 0 Å². The van der Waals surface area contributed by atoms with Crippen molar-refractivity contribution in [3.63, 3.8) is 0 Å². The molecule has 2 unspecified atom stereocenters. The van der Waals surface area contributed by atoms with Crippen LogP contribution in [0.1, 0.15) is 6.42 Å². The molecule has 0 spiro atoms. The van der Waals surface area contributed by atoms with Crippen LogP contribution in [0.2, 0.25) is 0 Å². The second kappa shape index (κ2) is 6.10. The first kappa shape index (κ1) is 13.9. The van der Waals surface area contributed by atoms with Gasteiger partial charge in [0, 0.05) is 31.7 Å². The number of halogens is 1. The average Bonchev–Trinajstić information content (AvgIpc) is 2.66. The number of aliphatic hydroxyl groups excluding tert-OH is 2. The Kier molecular flexibility index (Phi) is 4.47. The van der Waals surface area contributed by atoms with Gasteiger partial charge in [-0.1, -0.05) is 6.07 Å². The van der Waals surface area contributed by atoms with Gasteiger partial charge in [0.25, 0.3) is 0 Å². The molecule has 3 N–H and O–H groups in total. The van der Waals surface area contributed by atoms with E-state index in [-0.39, 0.29) is 12.3 Å². The van der Waals surface area contributed by atoms with Crippen LogP contribution in [-0.2, 0) is 4.79 Å². The highest BCUT2D eigenvalue weighted by atomic mass is 19.1. The molecule has 19 heavy (non-hydrogen) atoms. The zero-order valence-electron chi connectivity index (χ0n) is 10.4. The first-order chi connectivity index (χ1) is 9.04. The number of rotatable bonds is 4. The van der Waals surface area contributed by atoms with Gasteiger partial charge in [-0.25, -0.2) is 4.39 Å². The van der Waals surface area contributed by atoms with E-state index in [2.05, 4.69) is 5.32 Å². The summed E-state index contributed by atoms with van der Waals surface area (Å²) >= 11 is 0. The molecule has 1 amide bonds. The van der Waals surface area contributed by atoms with Gasteiger partial charge in [0.05, 0.1) is 12.2 Å². The molecule has 1 saturated heterocycles. The van der Waals surface area contributed by atoms with Crippen LogP contribution in [0.5, 0.6) is 0 Å². The van der Waals surface area contributed by atoms with E-state index in [1.807, 2.05) is 4.90 Å². The quantitative estimate of drug-likeness (QED) is 0.729. The van der Waals surface area contributed by atoms with Crippen molar-refractivity contribution in [3.05, 3.63) is 30.1 Å². The van der Waals surface area contributed by atoms with E-state index in [0.717, 1.165) is 0 Å². The second-order valence-corrected chi connectivity index (χ2v) is 4.70. The van der Waals surface area contributed by atoms with Crippen LogP contribution in [0.25, 0.3) is 0 Å². The van der Waals surface area contributed by atoms with Crippen LogP contribution in [0.15, 0.2) is 24.3 Å². The third kappa shape index (κ3) is 3.99. The van der Waals surface area contributed by atoms with Gasteiger partial charge in [0.2, 0.25) is 5.91 Å². The maximum atomic E-state index is 12.9. The number of likely N-dealkylation sites (tertiary alicyclic amines) is 1. The van der Waals surface area contributed by atoms with Crippen molar-refractivity contribution < 1.29 is 19.4 Å². The highest BCUT2D eigenvalue weighted by Gasteiger charge is 2.29. The number of carbonyl (C=O) groups excluding carboxylic acids is 1. The highest BCUT2D eigenvalue weighted by molar-refractivity contribution is 5.90. The summed E-state index contributed by atoms with van der Waals surface area (Å²) in [6, 6.07) is 5.70. The van der Waals surface area contributed by atoms with Gasteiger partial charge >= 0.3 is 0 Å². The number of nitrogens with one attached hydrogen (secondary N) is 1. The monoisotopic (exact) mass is 268 g/mol. The number of β-amino-alcohol motifs (C(OH)–C–C–N with tert-alkyl or cyclic N) is 2. The number of benzene rings is 1. The van der Waals surface area contributed by atoms with E-state index in [4.69, 9.17) is 0 Å². The van der Waals surface area contributed by atoms with Crippen LogP contribution in [-0.4, -0.2) is 52.9 Å². The summed E-state index contributed by atoms with van der Waals surface area (Å²) in [5.41, 5.74) is 0.423. The van der Waals surface area contributed by atoms with Crippen molar-refractivity contribution in [2.45, 2.75) is 18.6 Å². The molecule has 1 aromatic rings. The van der Waals surface area contributed by atoms with Gasteiger partial charge in [-0.15, -0.1) is 0 Å². The lowest BCUT2D eigenvalue weighted by molar-refractivity contribution is -0.116. The van der Waals surface area contributed by atoms with Crippen LogP contribution < -0.4 is 5.32 Å². The molecule has 0 saturated carbocycles. The zero-order chi connectivity index (χ0) is 13.8. The van der Waals surface area contributed by atoms with Gasteiger partial charge in [0.1, 0.15) is 5.82 Å². The molecule has 6 heteroatoms. The summed E-state index contributed by atoms with van der Waals surface area (Å²) in [4.78, 5) is 13.5. The maximum absolute atomic E-state index is 12.9. The van der Waals surface area contributed by atoms with Gasteiger partial charge in [-0.2, -0.15) is 0 Å². The highest BCUT2D eigenvalue weighted by Crippen LogP contribution is 2.12. The van der Waals surface area contributed by atoms with E-state index in [9.17, 15) is 19.4 Å². The van der Waals surface area contributed by atoms with Crippen molar-refractivity contribution >= 4 is 11.6 Å². The lowest BCUT2D eigenvalue weighted by Gasteiger charge is -2.14. The first-order valence-corrected chi connectivity index (χ1v) is 6.18. The Morgan fingerprint density at radius 3 is 2.68 bits per heavy atom. The number of hydrogen-bond acceptors (Lipinski definition) is 4. The van der Waals surface area contributed by atoms with Gasteiger partial charge in [-0.3, -0.25) is 9.69 Å². The molecule has 0 radical (unpaired) electrons. The minimum absolute atomic E-state index is 0.221. The molecule has 2 atom stereocenters. The van der Waals surface area contributed by atoms with Gasteiger partial charge in [0.15, 0.2) is 0 Å². The fourth-order valence-electron chi connectivity index (χ4n) is 2.08. The third-order valence-corrected chi connectivity index (χ3v) is 3.10. The van der Waals surface area contributed by atoms with Gasteiger partial charge in [-0.05, 0) is 18.2 Å². The topological polar surface area (TPSA) is 72.8 Å². The molecule has 1 aliphatic rings. The first-order valence-electron chi connectivity index (χ1n) is 6.18. The van der Waals surface area contributed by atoms with Crippen LogP contribution >= 0.6 is 0 Å². The van der Waals surface area contributed by atoms with Crippen molar-refractivity contribution in [2.75, 3.05) is 25.0 Å². The van der Waals surface area contributed by atoms with Crippen molar-refractivity contribution in [1.29, 1.82) is 0 Å². The van der Waals surface area contributed by atoms with E-state index in [1.54, 1.807) is 6.07 Å². The van der Waals surface area contributed by atoms with Crippen molar-refractivity contribution in [3.8, 4) is 0 Å². The summed E-state index contributed by atoms with van der Waals surface area (Å²) in [6.45, 7) is 1.19. The number of aliphatic hydroxyl groups is 2. The average molecular weight is 268 g/mol. The molecule has 1 aliphatic heterocycles. The Labute approximate surface area is 110 Å². The predicted molar refractivity (Wildman–Crippen MR) is 68.1 cm³/mol. The Morgan fingerprint density at radius 2 is 2.05 bits per heavy atom. The minimum atomic E-state index is -0.744. The number of amides is 1. The zero-order valence-corrected chi connectivity index (χ0v) is 10.4. The third-order valence-electron chi connectivity index (χ3n) is 3.10. The Hall–Kier alpha value is -1.50. The number of anilines is 1. The normalized spacial score (nSPS) is 23.5. The predicted octanol–water partition coefficient (Wildman–Crippen LogP) is 0.192. The fourth-order valence-corrected chi connectivity index (χ4v) is 2.08. The molecular formula is C13H17FN2O3. The van der Waals surface area contributed by atoms with E-state index in [1.165, 1.54) is 18.2 Å². The summed E-state index contributed by atoms with van der Waals surface area (Å²) in [7, 11) is 0. The standard InChI is InChI=1S/C13H17FN2O3/c14-9-2-1-3-10(6-9)15-13(19)4-5-16-7-11(17)12(18)8-16/h1-3,6,11-12,17-18H,4-5,7-8H2,(H,15,19). The molecule has 0 aliphatic carbocycles. The van der Waals surface area contributed by atoms with Crippen molar-refractivity contribution in [1.82, 2.24) is 4.90 Å². The lowest BCUT2D eigenvalue weighted by Crippen LogP contribution is -2.27. The second-order valence-electron chi connectivity index (χ2n) is 4.70. The van der Waals surface area contributed by atoms with Crippen LogP contribution in [0.4, 0.5) is 10.1 Å². The van der Waals surface area contributed by atoms with E-state index < -0.39 is 18.0 Å². The fraction of sp³-hybridized carbons (Fsp3) is 0.462. The summed E-state index contributed by atoms with van der Waals surface area (Å²) in [6.07, 6.45) is -1.26. The molecule has 2 rings (SSSR count). The summed E-state index contributed by atoms with van der Waals surface area (Å²) < 4.78 is 12.9. The molecule has 0 aromatic heterocycles. The molecule has 5 nitrogen and oxygen atoms in total. The Bertz CT molecular complexity index is 445. The maximum Gasteiger partial charge on any atom is 0.225 e. The lowest BCUT2D eigenvalue weighted by atomic mass is 10.3. The van der Waals surface area contributed by atoms with E-state index in [0.29, 0.717) is 25.3 Å². The summed E-state index contributed by atoms with van der Waals surface area (Å²) in [5, 5.41) is 21.3. The molecule has 1 fully saturated rings.